The number of fused-ring (bicyclic) bond motifs is 1. The highest BCUT2D eigenvalue weighted by atomic mass is 16.2. The van der Waals surface area contributed by atoms with Gasteiger partial charge in [-0.15, -0.1) is 0 Å². The molecular formula is C15H23N3O. The number of amides is 1. The zero-order valence-corrected chi connectivity index (χ0v) is 11.8. The van der Waals surface area contributed by atoms with Crippen LogP contribution >= 0.6 is 0 Å². The third kappa shape index (κ3) is 2.89. The molecule has 1 aliphatic heterocycles. The lowest BCUT2D eigenvalue weighted by atomic mass is 9.96. The van der Waals surface area contributed by atoms with E-state index in [0.29, 0.717) is 0 Å². The van der Waals surface area contributed by atoms with Crippen molar-refractivity contribution in [2.24, 2.45) is 5.84 Å². The second-order valence-electron chi connectivity index (χ2n) is 5.24. The molecule has 0 spiro atoms. The van der Waals surface area contributed by atoms with Gasteiger partial charge in [0.15, 0.2) is 0 Å². The molecule has 0 bridgehead atoms. The molecule has 0 saturated carbocycles. The van der Waals surface area contributed by atoms with Gasteiger partial charge in [-0.1, -0.05) is 31.0 Å². The van der Waals surface area contributed by atoms with Gasteiger partial charge in [0.25, 0.3) is 5.91 Å². The molecule has 0 radical (unpaired) electrons. The Labute approximate surface area is 114 Å². The van der Waals surface area contributed by atoms with Gasteiger partial charge >= 0.3 is 0 Å². The van der Waals surface area contributed by atoms with E-state index in [1.54, 1.807) is 0 Å². The molecule has 3 N–H and O–H groups in total. The second kappa shape index (κ2) is 6.06. The number of nitrogens with one attached hydrogen (secondary N) is 1. The van der Waals surface area contributed by atoms with Gasteiger partial charge in [0.05, 0.1) is 0 Å². The molecule has 1 aromatic rings. The maximum Gasteiger partial charge on any atom is 0.256 e. The van der Waals surface area contributed by atoms with Crippen LogP contribution in [-0.2, 0) is 11.2 Å². The van der Waals surface area contributed by atoms with Crippen molar-refractivity contribution in [1.82, 2.24) is 5.43 Å². The molecule has 1 amide bonds. The molecule has 4 heteroatoms. The molecule has 0 fully saturated rings. The van der Waals surface area contributed by atoms with E-state index < -0.39 is 0 Å². The summed E-state index contributed by atoms with van der Waals surface area (Å²) in [5.41, 5.74) is 6.12. The Morgan fingerprint density at radius 3 is 3.00 bits per heavy atom. The average Bonchev–Trinajstić information content (AvgIpc) is 2.43. The molecule has 1 atom stereocenters. The second-order valence-corrected chi connectivity index (χ2v) is 5.24. The van der Waals surface area contributed by atoms with E-state index in [1.165, 1.54) is 16.8 Å². The number of carbonyl (C=O) groups is 1. The number of hydrazine groups is 1. The lowest BCUT2D eigenvalue weighted by molar-refractivity contribution is -0.122. The van der Waals surface area contributed by atoms with Crippen LogP contribution in [0.3, 0.4) is 0 Å². The number of aryl methyl sites for hydroxylation is 2. The standard InChI is InChI=1S/C15H23N3O/c1-3-5-14(15(19)17-16)18-9-4-6-12-10-11(2)7-8-13(12)18/h7-8,10,14H,3-6,9,16H2,1-2H3,(H,17,19). The Balaban J connectivity index is 2.32. The molecule has 104 valence electrons. The van der Waals surface area contributed by atoms with Crippen LogP contribution in [0.2, 0.25) is 0 Å². The number of nitrogens with two attached hydrogens (primary N) is 1. The fourth-order valence-corrected chi connectivity index (χ4v) is 2.88. The molecule has 4 nitrogen and oxygen atoms in total. The fourth-order valence-electron chi connectivity index (χ4n) is 2.88. The van der Waals surface area contributed by atoms with Crippen LogP contribution in [-0.4, -0.2) is 18.5 Å². The van der Waals surface area contributed by atoms with E-state index in [0.717, 1.165) is 32.2 Å². The lowest BCUT2D eigenvalue weighted by Gasteiger charge is -2.37. The summed E-state index contributed by atoms with van der Waals surface area (Å²) in [7, 11) is 0. The molecule has 19 heavy (non-hydrogen) atoms. The van der Waals surface area contributed by atoms with Gasteiger partial charge < -0.3 is 4.90 Å². The van der Waals surface area contributed by atoms with Gasteiger partial charge in [0.2, 0.25) is 0 Å². The average molecular weight is 261 g/mol. The summed E-state index contributed by atoms with van der Waals surface area (Å²) in [6.07, 6.45) is 3.98. The largest absolute Gasteiger partial charge is 0.359 e. The molecule has 0 aliphatic carbocycles. The molecule has 1 heterocycles. The molecule has 0 saturated heterocycles. The summed E-state index contributed by atoms with van der Waals surface area (Å²) in [6.45, 7) is 5.13. The van der Waals surface area contributed by atoms with Crippen LogP contribution in [0.4, 0.5) is 5.69 Å². The quantitative estimate of drug-likeness (QED) is 0.494. The first-order chi connectivity index (χ1) is 9.17. The number of hydrogen-bond acceptors (Lipinski definition) is 3. The fraction of sp³-hybridized carbons (Fsp3) is 0.533. The van der Waals surface area contributed by atoms with E-state index in [4.69, 9.17) is 5.84 Å². The van der Waals surface area contributed by atoms with Gasteiger partial charge in [-0.3, -0.25) is 10.2 Å². The number of benzene rings is 1. The molecule has 1 unspecified atom stereocenters. The van der Waals surface area contributed by atoms with Crippen molar-refractivity contribution in [1.29, 1.82) is 0 Å². The van der Waals surface area contributed by atoms with Crippen LogP contribution in [0, 0.1) is 6.92 Å². The van der Waals surface area contributed by atoms with Crippen LogP contribution in [0.5, 0.6) is 0 Å². The Kier molecular flexibility index (Phi) is 4.43. The van der Waals surface area contributed by atoms with Gasteiger partial charge in [-0.25, -0.2) is 5.84 Å². The van der Waals surface area contributed by atoms with Gasteiger partial charge in [0.1, 0.15) is 6.04 Å². The third-order valence-corrected chi connectivity index (χ3v) is 3.77. The van der Waals surface area contributed by atoms with Crippen LogP contribution in [0.1, 0.15) is 37.3 Å². The molecule has 1 aromatic carbocycles. The summed E-state index contributed by atoms with van der Waals surface area (Å²) in [5, 5.41) is 0. The van der Waals surface area contributed by atoms with Gasteiger partial charge in [-0.05, 0) is 37.8 Å². The van der Waals surface area contributed by atoms with Gasteiger partial charge in [-0.2, -0.15) is 0 Å². The monoisotopic (exact) mass is 261 g/mol. The number of carbonyl (C=O) groups excluding carboxylic acids is 1. The first-order valence-corrected chi connectivity index (χ1v) is 7.04. The summed E-state index contributed by atoms with van der Waals surface area (Å²) in [5.74, 6) is 5.24. The van der Waals surface area contributed by atoms with Crippen LogP contribution in [0.15, 0.2) is 18.2 Å². The Hall–Kier alpha value is -1.55. The number of nitrogens with zero attached hydrogens (tertiary/aromatic N) is 1. The number of hydrogen-bond donors (Lipinski definition) is 2. The smallest absolute Gasteiger partial charge is 0.256 e. The minimum Gasteiger partial charge on any atom is -0.359 e. The van der Waals surface area contributed by atoms with E-state index in [2.05, 4.69) is 42.4 Å². The predicted molar refractivity (Wildman–Crippen MR) is 77.9 cm³/mol. The van der Waals surface area contributed by atoms with Gasteiger partial charge in [0, 0.05) is 12.2 Å². The maximum atomic E-state index is 12.0. The van der Waals surface area contributed by atoms with Crippen molar-refractivity contribution in [3.05, 3.63) is 29.3 Å². The van der Waals surface area contributed by atoms with Crippen LogP contribution < -0.4 is 16.2 Å². The summed E-state index contributed by atoms with van der Waals surface area (Å²) in [6, 6.07) is 6.32. The molecule has 2 rings (SSSR count). The first-order valence-electron chi connectivity index (χ1n) is 7.04. The normalized spacial score (nSPS) is 15.8. The number of anilines is 1. The Morgan fingerprint density at radius 2 is 2.32 bits per heavy atom. The SMILES string of the molecule is CCCC(C(=O)NN)N1CCCc2cc(C)ccc21. The zero-order valence-electron chi connectivity index (χ0n) is 11.8. The highest BCUT2D eigenvalue weighted by molar-refractivity contribution is 5.85. The van der Waals surface area contributed by atoms with Crippen molar-refractivity contribution >= 4 is 11.6 Å². The van der Waals surface area contributed by atoms with Crippen molar-refractivity contribution in [3.63, 3.8) is 0 Å². The topological polar surface area (TPSA) is 58.4 Å². The summed E-state index contributed by atoms with van der Waals surface area (Å²) < 4.78 is 0. The van der Waals surface area contributed by atoms with Crippen molar-refractivity contribution in [2.75, 3.05) is 11.4 Å². The molecular weight excluding hydrogens is 238 g/mol. The Bertz CT molecular complexity index is 459. The Morgan fingerprint density at radius 1 is 1.53 bits per heavy atom. The number of rotatable bonds is 4. The summed E-state index contributed by atoms with van der Waals surface area (Å²) >= 11 is 0. The van der Waals surface area contributed by atoms with E-state index in [1.807, 2.05) is 0 Å². The minimum absolute atomic E-state index is 0.0877. The zero-order chi connectivity index (χ0) is 13.8. The molecule has 0 aromatic heterocycles. The lowest BCUT2D eigenvalue weighted by Crippen LogP contribution is -2.50. The van der Waals surface area contributed by atoms with E-state index in [-0.39, 0.29) is 11.9 Å². The molecule has 1 aliphatic rings. The highest BCUT2D eigenvalue weighted by Gasteiger charge is 2.28. The predicted octanol–water partition coefficient (Wildman–Crippen LogP) is 1.91. The van der Waals surface area contributed by atoms with Crippen molar-refractivity contribution < 1.29 is 4.79 Å². The highest BCUT2D eigenvalue weighted by Crippen LogP contribution is 2.30. The van der Waals surface area contributed by atoms with Crippen molar-refractivity contribution in [2.45, 2.75) is 45.6 Å². The van der Waals surface area contributed by atoms with Crippen molar-refractivity contribution in [3.8, 4) is 0 Å². The summed E-state index contributed by atoms with van der Waals surface area (Å²) in [4.78, 5) is 14.2. The third-order valence-electron chi connectivity index (χ3n) is 3.77. The van der Waals surface area contributed by atoms with Crippen LogP contribution in [0.25, 0.3) is 0 Å². The van der Waals surface area contributed by atoms with E-state index in [9.17, 15) is 4.79 Å². The first kappa shape index (κ1) is 13.9. The maximum absolute atomic E-state index is 12.0. The van der Waals surface area contributed by atoms with E-state index >= 15 is 0 Å². The minimum atomic E-state index is -0.156.